The van der Waals surface area contributed by atoms with Crippen LogP contribution >= 0.6 is 0 Å². The van der Waals surface area contributed by atoms with E-state index in [1.165, 1.54) is 4.57 Å². The Morgan fingerprint density at radius 3 is 2.27 bits per heavy atom. The Balaban J connectivity index is 1.38. The van der Waals surface area contributed by atoms with Crippen molar-refractivity contribution in [1.82, 2.24) is 4.57 Å². The monoisotopic (exact) mass is 404 g/mol. The van der Waals surface area contributed by atoms with Gasteiger partial charge in [0.05, 0.1) is 12.1 Å². The SMILES string of the molecule is CCOc1ccc(Oc2ccc(NC(=O)Cn3c(=O)oc4ccccc43)cc2)cc1. The van der Waals surface area contributed by atoms with Crippen molar-refractivity contribution in [2.45, 2.75) is 13.5 Å². The third-order valence-electron chi connectivity index (χ3n) is 4.38. The third-order valence-corrected chi connectivity index (χ3v) is 4.38. The van der Waals surface area contributed by atoms with Gasteiger partial charge in [-0.25, -0.2) is 4.79 Å². The van der Waals surface area contributed by atoms with Crippen LogP contribution < -0.4 is 20.5 Å². The van der Waals surface area contributed by atoms with E-state index in [1.807, 2.05) is 31.2 Å². The number of rotatable bonds is 7. The van der Waals surface area contributed by atoms with Gasteiger partial charge in [0.1, 0.15) is 23.8 Å². The fourth-order valence-corrected chi connectivity index (χ4v) is 3.02. The molecule has 0 aliphatic heterocycles. The lowest BCUT2D eigenvalue weighted by atomic mass is 10.3. The maximum absolute atomic E-state index is 12.4. The normalized spacial score (nSPS) is 10.7. The largest absolute Gasteiger partial charge is 0.494 e. The van der Waals surface area contributed by atoms with Crippen LogP contribution in [-0.4, -0.2) is 17.1 Å². The van der Waals surface area contributed by atoms with Gasteiger partial charge in [0.2, 0.25) is 5.91 Å². The molecule has 0 aliphatic carbocycles. The Morgan fingerprint density at radius 1 is 0.933 bits per heavy atom. The summed E-state index contributed by atoms with van der Waals surface area (Å²) >= 11 is 0. The van der Waals surface area contributed by atoms with Crippen molar-refractivity contribution in [3.05, 3.63) is 83.3 Å². The van der Waals surface area contributed by atoms with Crippen LogP contribution in [0.25, 0.3) is 11.1 Å². The maximum atomic E-state index is 12.4. The topological polar surface area (TPSA) is 82.7 Å². The zero-order valence-corrected chi connectivity index (χ0v) is 16.3. The van der Waals surface area contributed by atoms with Gasteiger partial charge >= 0.3 is 5.76 Å². The summed E-state index contributed by atoms with van der Waals surface area (Å²) in [6, 6.07) is 21.3. The first-order chi connectivity index (χ1) is 14.6. The van der Waals surface area contributed by atoms with Gasteiger partial charge in [-0.15, -0.1) is 0 Å². The number of benzene rings is 3. The number of amides is 1. The summed E-state index contributed by atoms with van der Waals surface area (Å²) in [5, 5.41) is 2.77. The number of ether oxygens (including phenoxy) is 2. The van der Waals surface area contributed by atoms with Gasteiger partial charge in [-0.2, -0.15) is 0 Å². The Morgan fingerprint density at radius 2 is 1.57 bits per heavy atom. The van der Waals surface area contributed by atoms with Crippen LogP contribution in [0.1, 0.15) is 6.92 Å². The van der Waals surface area contributed by atoms with Crippen LogP contribution in [0.15, 0.2) is 82.0 Å². The van der Waals surface area contributed by atoms with Crippen LogP contribution in [-0.2, 0) is 11.3 Å². The molecule has 30 heavy (non-hydrogen) atoms. The second-order valence-corrected chi connectivity index (χ2v) is 6.50. The van der Waals surface area contributed by atoms with E-state index in [1.54, 1.807) is 48.5 Å². The summed E-state index contributed by atoms with van der Waals surface area (Å²) in [5.74, 6) is 1.21. The molecule has 0 aliphatic rings. The molecule has 7 nitrogen and oxygen atoms in total. The Bertz CT molecular complexity index is 1210. The molecule has 0 bridgehead atoms. The summed E-state index contributed by atoms with van der Waals surface area (Å²) in [6.07, 6.45) is 0. The fourth-order valence-electron chi connectivity index (χ4n) is 3.02. The summed E-state index contributed by atoms with van der Waals surface area (Å²) in [6.45, 7) is 2.40. The van der Waals surface area contributed by atoms with Gasteiger partial charge in [0.25, 0.3) is 0 Å². The van der Waals surface area contributed by atoms with Crippen molar-refractivity contribution in [3.63, 3.8) is 0 Å². The number of carbonyl (C=O) groups excluding carboxylic acids is 1. The van der Waals surface area contributed by atoms with Crippen molar-refractivity contribution in [2.24, 2.45) is 0 Å². The third kappa shape index (κ3) is 4.35. The van der Waals surface area contributed by atoms with E-state index < -0.39 is 5.76 Å². The summed E-state index contributed by atoms with van der Waals surface area (Å²) in [4.78, 5) is 24.4. The molecule has 1 amide bonds. The van der Waals surface area contributed by atoms with E-state index >= 15 is 0 Å². The molecule has 0 atom stereocenters. The maximum Gasteiger partial charge on any atom is 0.420 e. The van der Waals surface area contributed by atoms with Crippen molar-refractivity contribution in [2.75, 3.05) is 11.9 Å². The van der Waals surface area contributed by atoms with E-state index in [4.69, 9.17) is 13.9 Å². The molecule has 152 valence electrons. The highest BCUT2D eigenvalue weighted by atomic mass is 16.5. The minimum absolute atomic E-state index is 0.139. The molecule has 3 aromatic carbocycles. The minimum Gasteiger partial charge on any atom is -0.494 e. The summed E-state index contributed by atoms with van der Waals surface area (Å²) in [5.41, 5.74) is 1.63. The first kappa shape index (κ1) is 19.3. The molecule has 7 heteroatoms. The van der Waals surface area contributed by atoms with Gasteiger partial charge in [0.15, 0.2) is 5.58 Å². The number of carbonyl (C=O) groups is 1. The highest BCUT2D eigenvalue weighted by Crippen LogP contribution is 2.25. The van der Waals surface area contributed by atoms with Crippen molar-refractivity contribution < 1.29 is 18.7 Å². The molecule has 0 unspecified atom stereocenters. The Labute approximate surface area is 172 Å². The molecule has 1 N–H and O–H groups in total. The average molecular weight is 404 g/mol. The molecule has 4 rings (SSSR count). The summed E-state index contributed by atoms with van der Waals surface area (Å²) in [7, 11) is 0. The number of hydrogen-bond acceptors (Lipinski definition) is 5. The zero-order chi connectivity index (χ0) is 20.9. The van der Waals surface area contributed by atoms with Crippen LogP contribution in [0, 0.1) is 0 Å². The van der Waals surface area contributed by atoms with Crippen LogP contribution in [0.3, 0.4) is 0 Å². The molecular formula is C23H20N2O5. The number of anilines is 1. The molecule has 0 saturated heterocycles. The average Bonchev–Trinajstić information content (AvgIpc) is 3.06. The van der Waals surface area contributed by atoms with E-state index in [2.05, 4.69) is 5.32 Å². The second-order valence-electron chi connectivity index (χ2n) is 6.50. The predicted octanol–water partition coefficient (Wildman–Crippen LogP) is 4.42. The lowest BCUT2D eigenvalue weighted by Gasteiger charge is -2.09. The number of fused-ring (bicyclic) bond motifs is 1. The molecule has 1 aromatic heterocycles. The molecule has 0 spiro atoms. The number of nitrogens with zero attached hydrogens (tertiary/aromatic N) is 1. The van der Waals surface area contributed by atoms with Crippen molar-refractivity contribution >= 4 is 22.7 Å². The Kier molecular flexibility index (Phi) is 5.52. The van der Waals surface area contributed by atoms with Crippen molar-refractivity contribution in [3.8, 4) is 17.2 Å². The quantitative estimate of drug-likeness (QED) is 0.493. The molecule has 1 heterocycles. The lowest BCUT2D eigenvalue weighted by molar-refractivity contribution is -0.116. The molecule has 0 fully saturated rings. The van der Waals surface area contributed by atoms with Crippen LogP contribution in [0.2, 0.25) is 0 Å². The van der Waals surface area contributed by atoms with E-state index in [0.29, 0.717) is 34.9 Å². The Hall–Kier alpha value is -4.00. The first-order valence-electron chi connectivity index (χ1n) is 9.51. The van der Waals surface area contributed by atoms with Crippen LogP contribution in [0.5, 0.6) is 17.2 Å². The number of nitrogens with one attached hydrogen (secondary N) is 1. The molecular weight excluding hydrogens is 384 g/mol. The number of hydrogen-bond donors (Lipinski definition) is 1. The van der Waals surface area contributed by atoms with Crippen molar-refractivity contribution in [1.29, 1.82) is 0 Å². The number of aromatic nitrogens is 1. The first-order valence-corrected chi connectivity index (χ1v) is 9.51. The minimum atomic E-state index is -0.564. The highest BCUT2D eigenvalue weighted by molar-refractivity contribution is 5.91. The summed E-state index contributed by atoms with van der Waals surface area (Å²) < 4.78 is 17.6. The van der Waals surface area contributed by atoms with Gasteiger partial charge < -0.3 is 19.2 Å². The highest BCUT2D eigenvalue weighted by Gasteiger charge is 2.12. The molecule has 0 saturated carbocycles. The molecule has 0 radical (unpaired) electrons. The van der Waals surface area contributed by atoms with Crippen LogP contribution in [0.4, 0.5) is 5.69 Å². The van der Waals surface area contributed by atoms with Gasteiger partial charge in [-0.05, 0) is 67.6 Å². The van der Waals surface area contributed by atoms with Gasteiger partial charge in [-0.1, -0.05) is 12.1 Å². The van der Waals surface area contributed by atoms with Gasteiger partial charge in [0, 0.05) is 5.69 Å². The molecule has 4 aromatic rings. The zero-order valence-electron chi connectivity index (χ0n) is 16.3. The van der Waals surface area contributed by atoms with E-state index in [0.717, 1.165) is 5.75 Å². The van der Waals surface area contributed by atoms with E-state index in [-0.39, 0.29) is 12.5 Å². The smallest absolute Gasteiger partial charge is 0.420 e. The fraction of sp³-hybridized carbons (Fsp3) is 0.130. The number of para-hydroxylation sites is 2. The standard InChI is InChI=1S/C23H20N2O5/c1-2-28-17-11-13-19(14-12-17)29-18-9-7-16(8-10-18)24-22(26)15-25-20-5-3-4-6-21(20)30-23(25)27/h3-14H,2,15H2,1H3,(H,24,26). The van der Waals surface area contributed by atoms with Gasteiger partial charge in [-0.3, -0.25) is 9.36 Å². The second kappa shape index (κ2) is 8.57. The lowest BCUT2D eigenvalue weighted by Crippen LogP contribution is -2.24. The van der Waals surface area contributed by atoms with E-state index in [9.17, 15) is 9.59 Å². The predicted molar refractivity (Wildman–Crippen MR) is 113 cm³/mol. The number of oxazole rings is 1.